The summed E-state index contributed by atoms with van der Waals surface area (Å²) in [7, 11) is 0. The molecule has 1 rings (SSSR count). The summed E-state index contributed by atoms with van der Waals surface area (Å²) in [6, 6.07) is 0. The number of carbonyl (C=O) groups is 1. The van der Waals surface area contributed by atoms with Crippen LogP contribution >= 0.6 is 11.3 Å². The first-order valence-corrected chi connectivity index (χ1v) is 4.00. The Morgan fingerprint density at radius 1 is 1.73 bits per heavy atom. The van der Waals surface area contributed by atoms with E-state index >= 15 is 0 Å². The predicted molar refractivity (Wildman–Crippen MR) is 42.4 cm³/mol. The van der Waals surface area contributed by atoms with E-state index in [1.165, 1.54) is 4.57 Å². The van der Waals surface area contributed by atoms with Gasteiger partial charge in [0.05, 0.1) is 0 Å². The van der Waals surface area contributed by atoms with Crippen molar-refractivity contribution in [2.45, 2.75) is 13.0 Å². The van der Waals surface area contributed by atoms with Crippen LogP contribution in [0.5, 0.6) is 0 Å². The summed E-state index contributed by atoms with van der Waals surface area (Å²) in [5.41, 5.74) is 4.91. The van der Waals surface area contributed by atoms with Crippen LogP contribution in [0.3, 0.4) is 0 Å². The highest BCUT2D eigenvalue weighted by Gasteiger charge is 1.98. The van der Waals surface area contributed by atoms with E-state index in [4.69, 9.17) is 5.73 Å². The Hall–Kier alpha value is -1.10. The largest absolute Gasteiger partial charge is 0.370 e. The lowest BCUT2D eigenvalue weighted by Gasteiger charge is -1.95. The van der Waals surface area contributed by atoms with Gasteiger partial charge in [0.15, 0.2) is 0 Å². The molecule has 5 heteroatoms. The summed E-state index contributed by atoms with van der Waals surface area (Å²) in [5.74, 6) is -0.386. The molecule has 1 aromatic rings. The molecule has 0 aliphatic carbocycles. The van der Waals surface area contributed by atoms with Crippen molar-refractivity contribution in [3.63, 3.8) is 0 Å². The number of carbonyl (C=O) groups excluding carboxylic acids is 1. The van der Waals surface area contributed by atoms with Crippen molar-refractivity contribution < 1.29 is 4.79 Å². The maximum absolute atomic E-state index is 10.9. The zero-order chi connectivity index (χ0) is 8.27. The lowest BCUT2D eigenvalue weighted by molar-refractivity contribution is -0.118. The number of nitrogens with zero attached hydrogens (tertiary/aromatic N) is 1. The molecule has 0 aliphatic heterocycles. The maximum atomic E-state index is 10.9. The van der Waals surface area contributed by atoms with Gasteiger partial charge < -0.3 is 10.3 Å². The number of hydrogen-bond donors (Lipinski definition) is 1. The van der Waals surface area contributed by atoms with Crippen LogP contribution in [0.25, 0.3) is 0 Å². The monoisotopic (exact) mass is 172 g/mol. The fourth-order valence-corrected chi connectivity index (χ4v) is 1.30. The molecule has 11 heavy (non-hydrogen) atoms. The standard InChI is InChI=1S/C6H8N2O2S/c7-5(9)1-2-8-3-4-11-6(8)10/h3-4H,1-2H2,(H2,7,9). The van der Waals surface area contributed by atoms with Crippen LogP contribution in [-0.4, -0.2) is 10.5 Å². The van der Waals surface area contributed by atoms with Gasteiger partial charge in [-0.2, -0.15) is 0 Å². The number of aryl methyl sites for hydroxylation is 1. The number of rotatable bonds is 3. The molecular weight excluding hydrogens is 164 g/mol. The summed E-state index contributed by atoms with van der Waals surface area (Å²) in [6.45, 7) is 0.387. The molecule has 1 amide bonds. The van der Waals surface area contributed by atoms with Crippen LogP contribution in [0.1, 0.15) is 6.42 Å². The van der Waals surface area contributed by atoms with E-state index in [1.807, 2.05) is 0 Å². The molecule has 0 atom stereocenters. The molecule has 0 radical (unpaired) electrons. The van der Waals surface area contributed by atoms with Crippen LogP contribution in [-0.2, 0) is 11.3 Å². The van der Waals surface area contributed by atoms with Crippen molar-refractivity contribution >= 4 is 17.2 Å². The van der Waals surface area contributed by atoms with Crippen molar-refractivity contribution in [2.24, 2.45) is 5.73 Å². The van der Waals surface area contributed by atoms with Gasteiger partial charge in [-0.25, -0.2) is 0 Å². The fraction of sp³-hybridized carbons (Fsp3) is 0.333. The smallest absolute Gasteiger partial charge is 0.307 e. The molecule has 1 aromatic heterocycles. The highest BCUT2D eigenvalue weighted by molar-refractivity contribution is 7.07. The van der Waals surface area contributed by atoms with Crippen molar-refractivity contribution in [3.05, 3.63) is 21.2 Å². The van der Waals surface area contributed by atoms with Gasteiger partial charge >= 0.3 is 4.87 Å². The zero-order valence-corrected chi connectivity index (χ0v) is 6.63. The van der Waals surface area contributed by atoms with Gasteiger partial charge in [-0.1, -0.05) is 11.3 Å². The normalized spacial score (nSPS) is 9.82. The minimum Gasteiger partial charge on any atom is -0.370 e. The fourth-order valence-electron chi connectivity index (χ4n) is 0.687. The van der Waals surface area contributed by atoms with E-state index < -0.39 is 0 Å². The number of primary amides is 1. The Morgan fingerprint density at radius 2 is 2.45 bits per heavy atom. The molecule has 0 saturated heterocycles. The quantitative estimate of drug-likeness (QED) is 0.685. The van der Waals surface area contributed by atoms with E-state index in [-0.39, 0.29) is 17.2 Å². The number of thiazole rings is 1. The van der Waals surface area contributed by atoms with Gasteiger partial charge in [0.1, 0.15) is 0 Å². The van der Waals surface area contributed by atoms with Gasteiger partial charge in [-0.05, 0) is 0 Å². The van der Waals surface area contributed by atoms with E-state index in [2.05, 4.69) is 0 Å². The summed E-state index contributed by atoms with van der Waals surface area (Å²) < 4.78 is 1.47. The summed E-state index contributed by atoms with van der Waals surface area (Å²) in [5, 5.41) is 1.68. The second-order valence-electron chi connectivity index (χ2n) is 2.08. The lowest BCUT2D eigenvalue weighted by atomic mass is 10.4. The number of aromatic nitrogens is 1. The molecule has 60 valence electrons. The minimum atomic E-state index is -0.386. The molecule has 0 bridgehead atoms. The van der Waals surface area contributed by atoms with Crippen LogP contribution in [0.2, 0.25) is 0 Å². The maximum Gasteiger partial charge on any atom is 0.307 e. The third kappa shape index (κ3) is 2.19. The Balaban J connectivity index is 2.58. The summed E-state index contributed by atoms with van der Waals surface area (Å²) in [6.07, 6.45) is 1.87. The highest BCUT2D eigenvalue weighted by Crippen LogP contribution is 1.90. The van der Waals surface area contributed by atoms with Gasteiger partial charge in [-0.3, -0.25) is 9.59 Å². The lowest BCUT2D eigenvalue weighted by Crippen LogP contribution is -2.18. The first-order chi connectivity index (χ1) is 5.20. The summed E-state index contributed by atoms with van der Waals surface area (Å²) >= 11 is 1.11. The Bertz CT molecular complexity index is 302. The van der Waals surface area contributed by atoms with Crippen molar-refractivity contribution in [2.75, 3.05) is 0 Å². The van der Waals surface area contributed by atoms with Gasteiger partial charge in [0.25, 0.3) is 0 Å². The average Bonchev–Trinajstić information content (AvgIpc) is 2.31. The molecule has 0 unspecified atom stereocenters. The minimum absolute atomic E-state index is 0.0498. The van der Waals surface area contributed by atoms with Crippen LogP contribution in [0.4, 0.5) is 0 Å². The van der Waals surface area contributed by atoms with Crippen molar-refractivity contribution in [1.82, 2.24) is 4.57 Å². The van der Waals surface area contributed by atoms with Gasteiger partial charge in [-0.15, -0.1) is 0 Å². The zero-order valence-electron chi connectivity index (χ0n) is 5.82. The third-order valence-electron chi connectivity index (χ3n) is 1.24. The predicted octanol–water partition coefficient (Wildman–Crippen LogP) is -0.215. The van der Waals surface area contributed by atoms with E-state index in [1.54, 1.807) is 11.6 Å². The molecule has 0 aliphatic rings. The van der Waals surface area contributed by atoms with Crippen LogP contribution in [0.15, 0.2) is 16.4 Å². The van der Waals surface area contributed by atoms with E-state index in [9.17, 15) is 9.59 Å². The van der Waals surface area contributed by atoms with Crippen molar-refractivity contribution in [1.29, 1.82) is 0 Å². The highest BCUT2D eigenvalue weighted by atomic mass is 32.1. The first kappa shape index (κ1) is 8.00. The molecule has 0 saturated carbocycles. The molecule has 2 N–H and O–H groups in total. The molecular formula is C6H8N2O2S. The molecule has 4 nitrogen and oxygen atoms in total. The van der Waals surface area contributed by atoms with Crippen LogP contribution < -0.4 is 10.6 Å². The molecule has 1 heterocycles. The second-order valence-corrected chi connectivity index (χ2v) is 2.94. The SMILES string of the molecule is NC(=O)CCn1ccsc1=O. The molecule has 0 fully saturated rings. The summed E-state index contributed by atoms with van der Waals surface area (Å²) in [4.78, 5) is 21.1. The number of nitrogens with two attached hydrogens (primary N) is 1. The Labute approximate surface area is 67.3 Å². The Kier molecular flexibility index (Phi) is 2.43. The van der Waals surface area contributed by atoms with Gasteiger partial charge in [0, 0.05) is 24.5 Å². The topological polar surface area (TPSA) is 65.1 Å². The number of amides is 1. The van der Waals surface area contributed by atoms with Crippen LogP contribution in [0, 0.1) is 0 Å². The molecule has 0 aromatic carbocycles. The average molecular weight is 172 g/mol. The third-order valence-corrected chi connectivity index (χ3v) is 1.94. The second kappa shape index (κ2) is 3.34. The van der Waals surface area contributed by atoms with Crippen molar-refractivity contribution in [3.8, 4) is 0 Å². The number of hydrogen-bond acceptors (Lipinski definition) is 3. The van der Waals surface area contributed by atoms with E-state index in [0.717, 1.165) is 11.3 Å². The van der Waals surface area contributed by atoms with Gasteiger partial charge in [0.2, 0.25) is 5.91 Å². The van der Waals surface area contributed by atoms with E-state index in [0.29, 0.717) is 6.54 Å². The first-order valence-electron chi connectivity index (χ1n) is 3.12. The Morgan fingerprint density at radius 3 is 2.91 bits per heavy atom. The molecule has 0 spiro atoms.